The molecule has 110 valence electrons. The van der Waals surface area contributed by atoms with E-state index < -0.39 is 0 Å². The molecular weight excluding hydrogens is 342 g/mol. The highest BCUT2D eigenvalue weighted by atomic mass is 79.9. The lowest BCUT2D eigenvalue weighted by Crippen LogP contribution is -2.21. The first-order chi connectivity index (χ1) is 10.6. The van der Waals surface area contributed by atoms with Gasteiger partial charge < -0.3 is 4.57 Å². The molecule has 0 spiro atoms. The number of benzene rings is 2. The van der Waals surface area contributed by atoms with Crippen LogP contribution in [0.1, 0.15) is 22.8 Å². The van der Waals surface area contributed by atoms with Gasteiger partial charge in [0.2, 0.25) is 0 Å². The Morgan fingerprint density at radius 2 is 1.82 bits per heavy atom. The van der Waals surface area contributed by atoms with Gasteiger partial charge in [0.25, 0.3) is 5.56 Å². The molecule has 0 aliphatic heterocycles. The fraction of sp³-hybridized carbons (Fsp3) is 0.111. The molecule has 0 amide bonds. The highest BCUT2D eigenvalue weighted by molar-refractivity contribution is 9.10. The number of carbonyl (C=O) groups excluding carboxylic acids is 1. The average molecular weight is 356 g/mol. The second kappa shape index (κ2) is 5.89. The molecule has 2 aromatic carbocycles. The molecule has 0 fully saturated rings. The number of aromatic nitrogens is 1. The molecule has 3 nitrogen and oxygen atoms in total. The number of aryl methyl sites for hydroxylation is 1. The first kappa shape index (κ1) is 14.7. The lowest BCUT2D eigenvalue weighted by molar-refractivity contribution is 0.104. The van der Waals surface area contributed by atoms with Gasteiger partial charge in [-0.05, 0) is 25.1 Å². The minimum Gasteiger partial charge on any atom is -0.309 e. The molecule has 1 heterocycles. The number of hydrogen-bond donors (Lipinski definition) is 0. The molecule has 3 aromatic rings. The monoisotopic (exact) mass is 355 g/mol. The Labute approximate surface area is 136 Å². The molecule has 0 saturated heterocycles. The van der Waals surface area contributed by atoms with Crippen LogP contribution in [0.2, 0.25) is 0 Å². The average Bonchev–Trinajstić information content (AvgIpc) is 2.54. The van der Waals surface area contributed by atoms with E-state index >= 15 is 0 Å². The van der Waals surface area contributed by atoms with Crippen LogP contribution in [0.5, 0.6) is 0 Å². The summed E-state index contributed by atoms with van der Waals surface area (Å²) in [4.78, 5) is 25.1. The van der Waals surface area contributed by atoms with E-state index in [-0.39, 0.29) is 11.3 Å². The molecule has 0 unspecified atom stereocenters. The highest BCUT2D eigenvalue weighted by Gasteiger charge is 2.16. The van der Waals surface area contributed by atoms with Crippen molar-refractivity contribution in [1.82, 2.24) is 4.57 Å². The number of carbonyl (C=O) groups is 1. The van der Waals surface area contributed by atoms with Gasteiger partial charge in [-0.1, -0.05) is 46.3 Å². The summed E-state index contributed by atoms with van der Waals surface area (Å²) in [5.41, 5.74) is 1.64. The van der Waals surface area contributed by atoms with Gasteiger partial charge in [-0.3, -0.25) is 9.59 Å². The smallest absolute Gasteiger partial charge is 0.251 e. The summed E-state index contributed by atoms with van der Waals surface area (Å²) in [6.45, 7) is 2.48. The van der Waals surface area contributed by atoms with Gasteiger partial charge in [0, 0.05) is 33.6 Å². The van der Waals surface area contributed by atoms with Crippen LogP contribution in [-0.4, -0.2) is 10.4 Å². The molecule has 0 atom stereocenters. The maximum Gasteiger partial charge on any atom is 0.251 e. The lowest BCUT2D eigenvalue weighted by atomic mass is 9.99. The molecule has 0 radical (unpaired) electrons. The van der Waals surface area contributed by atoms with Crippen molar-refractivity contribution in [2.45, 2.75) is 13.5 Å². The van der Waals surface area contributed by atoms with Gasteiger partial charge in [-0.2, -0.15) is 0 Å². The quantitative estimate of drug-likeness (QED) is 0.665. The molecule has 0 N–H and O–H groups in total. The standard InChI is InChI=1S/C18H14BrNO2/c1-2-20-16-9-8-13(19)10-14(16)15(11-17(20)21)18(22)12-6-4-3-5-7-12/h3-11H,2H2,1H3. The fourth-order valence-corrected chi connectivity index (χ4v) is 2.98. The Bertz CT molecular complexity index is 914. The van der Waals surface area contributed by atoms with Gasteiger partial charge in [0.05, 0.1) is 5.52 Å². The van der Waals surface area contributed by atoms with Crippen LogP contribution in [0, 0.1) is 0 Å². The van der Waals surface area contributed by atoms with E-state index in [0.717, 1.165) is 15.4 Å². The van der Waals surface area contributed by atoms with Gasteiger partial charge in [0.15, 0.2) is 5.78 Å². The Balaban J connectivity index is 2.33. The molecule has 3 rings (SSSR count). The third kappa shape index (κ3) is 2.50. The van der Waals surface area contributed by atoms with Crippen LogP contribution in [0.25, 0.3) is 10.9 Å². The van der Waals surface area contributed by atoms with Gasteiger partial charge >= 0.3 is 0 Å². The van der Waals surface area contributed by atoms with E-state index in [9.17, 15) is 9.59 Å². The van der Waals surface area contributed by atoms with Crippen LogP contribution < -0.4 is 5.56 Å². The number of pyridine rings is 1. The summed E-state index contributed by atoms with van der Waals surface area (Å²) in [5, 5.41) is 0.782. The molecule has 4 heteroatoms. The molecule has 0 aliphatic rings. The van der Waals surface area contributed by atoms with Crippen LogP contribution in [0.3, 0.4) is 0 Å². The normalized spacial score (nSPS) is 10.8. The number of fused-ring (bicyclic) bond motifs is 1. The number of rotatable bonds is 3. The van der Waals surface area contributed by atoms with Crippen molar-refractivity contribution in [3.63, 3.8) is 0 Å². The summed E-state index contributed by atoms with van der Waals surface area (Å²) < 4.78 is 2.55. The van der Waals surface area contributed by atoms with Crippen molar-refractivity contribution in [2.24, 2.45) is 0 Å². The highest BCUT2D eigenvalue weighted by Crippen LogP contribution is 2.24. The molecule has 1 aromatic heterocycles. The van der Waals surface area contributed by atoms with Crippen LogP contribution >= 0.6 is 15.9 Å². The maximum absolute atomic E-state index is 12.8. The molecule has 0 aliphatic carbocycles. The van der Waals surface area contributed by atoms with Gasteiger partial charge in [0.1, 0.15) is 0 Å². The van der Waals surface area contributed by atoms with Crippen LogP contribution in [0.15, 0.2) is 63.9 Å². The van der Waals surface area contributed by atoms with Crippen molar-refractivity contribution in [3.05, 3.63) is 80.6 Å². The third-order valence-corrected chi connectivity index (χ3v) is 4.16. The summed E-state index contributed by atoms with van der Waals surface area (Å²) in [6, 6.07) is 16.1. The predicted octanol–water partition coefficient (Wildman–Crippen LogP) is 4.01. The molecule has 22 heavy (non-hydrogen) atoms. The largest absolute Gasteiger partial charge is 0.309 e. The van der Waals surface area contributed by atoms with E-state index in [4.69, 9.17) is 0 Å². The number of nitrogens with zero attached hydrogens (tertiary/aromatic N) is 1. The third-order valence-electron chi connectivity index (χ3n) is 3.67. The predicted molar refractivity (Wildman–Crippen MR) is 91.5 cm³/mol. The number of ketones is 1. The fourth-order valence-electron chi connectivity index (χ4n) is 2.62. The minimum atomic E-state index is -0.156. The van der Waals surface area contributed by atoms with Crippen molar-refractivity contribution in [3.8, 4) is 0 Å². The SMILES string of the molecule is CCn1c(=O)cc(C(=O)c2ccccc2)c2cc(Br)ccc21. The Hall–Kier alpha value is -2.20. The van der Waals surface area contributed by atoms with E-state index in [1.807, 2.05) is 43.3 Å². The second-order valence-electron chi connectivity index (χ2n) is 5.00. The van der Waals surface area contributed by atoms with Crippen LogP contribution in [0.4, 0.5) is 0 Å². The van der Waals surface area contributed by atoms with E-state index in [1.165, 1.54) is 6.07 Å². The first-order valence-electron chi connectivity index (χ1n) is 7.04. The second-order valence-corrected chi connectivity index (χ2v) is 5.91. The Kier molecular flexibility index (Phi) is 3.94. The van der Waals surface area contributed by atoms with Crippen molar-refractivity contribution in [1.29, 1.82) is 0 Å². The summed E-state index contributed by atoms with van der Waals surface area (Å²) >= 11 is 3.44. The Morgan fingerprint density at radius 1 is 1.09 bits per heavy atom. The zero-order valence-corrected chi connectivity index (χ0v) is 13.6. The summed E-state index contributed by atoms with van der Waals surface area (Å²) in [7, 11) is 0. The van der Waals surface area contributed by atoms with Crippen LogP contribution in [-0.2, 0) is 6.54 Å². The first-order valence-corrected chi connectivity index (χ1v) is 7.84. The number of hydrogen-bond acceptors (Lipinski definition) is 2. The molecule has 0 bridgehead atoms. The summed E-state index contributed by atoms with van der Waals surface area (Å²) in [5.74, 6) is -0.135. The minimum absolute atomic E-state index is 0.135. The van der Waals surface area contributed by atoms with Crippen molar-refractivity contribution in [2.75, 3.05) is 0 Å². The van der Waals surface area contributed by atoms with E-state index in [1.54, 1.807) is 16.7 Å². The maximum atomic E-state index is 12.8. The topological polar surface area (TPSA) is 39.1 Å². The molecular formula is C18H14BrNO2. The van der Waals surface area contributed by atoms with E-state index in [2.05, 4.69) is 15.9 Å². The zero-order valence-electron chi connectivity index (χ0n) is 12.0. The van der Waals surface area contributed by atoms with Gasteiger partial charge in [-0.15, -0.1) is 0 Å². The molecule has 0 saturated carbocycles. The zero-order chi connectivity index (χ0) is 15.7. The lowest BCUT2D eigenvalue weighted by Gasteiger charge is -2.12. The van der Waals surface area contributed by atoms with Gasteiger partial charge in [-0.25, -0.2) is 0 Å². The number of halogens is 1. The Morgan fingerprint density at radius 3 is 2.50 bits per heavy atom. The summed E-state index contributed by atoms with van der Waals surface area (Å²) in [6.07, 6.45) is 0. The van der Waals surface area contributed by atoms with E-state index in [0.29, 0.717) is 17.7 Å². The van der Waals surface area contributed by atoms with Crippen molar-refractivity contribution < 1.29 is 4.79 Å². The van der Waals surface area contributed by atoms with Crippen molar-refractivity contribution >= 4 is 32.6 Å².